The van der Waals surface area contributed by atoms with Crippen LogP contribution in [0.15, 0.2) is 53.3 Å². The normalized spacial score (nSPS) is 10.9. The molecule has 1 heterocycles. The maximum Gasteiger partial charge on any atom is 0.297 e. The molecule has 33 heavy (non-hydrogen) atoms. The molecule has 0 spiro atoms. The number of ether oxygens (including phenoxy) is 2. The second kappa shape index (κ2) is 12.1. The number of carbonyl (C=O) groups is 1. The van der Waals surface area contributed by atoms with Gasteiger partial charge in [0.15, 0.2) is 5.75 Å². The lowest BCUT2D eigenvalue weighted by atomic mass is 10.1. The fourth-order valence-corrected chi connectivity index (χ4v) is 3.65. The molecule has 0 aliphatic rings. The monoisotopic (exact) mass is 450 g/mol. The van der Waals surface area contributed by atoms with Crippen LogP contribution in [-0.4, -0.2) is 23.7 Å². The van der Waals surface area contributed by atoms with E-state index in [1.54, 1.807) is 29.8 Å². The first kappa shape index (κ1) is 24.4. The van der Waals surface area contributed by atoms with E-state index >= 15 is 0 Å². The number of amides is 1. The number of aromatic nitrogens is 1. The van der Waals surface area contributed by atoms with Crippen molar-refractivity contribution in [3.63, 3.8) is 0 Å². The molecule has 0 saturated heterocycles. The fraction of sp³-hybridized carbons (Fsp3) is 0.407. The second-order valence-corrected chi connectivity index (χ2v) is 8.19. The summed E-state index contributed by atoms with van der Waals surface area (Å²) in [5.74, 6) is 0.544. The van der Waals surface area contributed by atoms with E-state index in [1.165, 1.54) is 0 Å². The molecule has 0 unspecified atom stereocenters. The number of hydrogen-bond donors (Lipinski definition) is 1. The van der Waals surface area contributed by atoms with Crippen LogP contribution in [0, 0.1) is 0 Å². The van der Waals surface area contributed by atoms with Gasteiger partial charge in [0.25, 0.3) is 11.5 Å². The summed E-state index contributed by atoms with van der Waals surface area (Å²) in [6.07, 6.45) is 6.14. The molecule has 0 aliphatic carbocycles. The first-order valence-electron chi connectivity index (χ1n) is 11.9. The molecule has 1 N–H and O–H groups in total. The minimum atomic E-state index is -0.240. The lowest BCUT2D eigenvalue weighted by molar-refractivity contribution is 0.102. The van der Waals surface area contributed by atoms with Crippen LogP contribution in [-0.2, 0) is 7.05 Å². The summed E-state index contributed by atoms with van der Waals surface area (Å²) in [7, 11) is 1.72. The number of pyridine rings is 1. The first-order chi connectivity index (χ1) is 16.1. The average Bonchev–Trinajstić information content (AvgIpc) is 2.84. The third kappa shape index (κ3) is 6.15. The Morgan fingerprint density at radius 3 is 2.30 bits per heavy atom. The van der Waals surface area contributed by atoms with Gasteiger partial charge in [-0.25, -0.2) is 0 Å². The highest BCUT2D eigenvalue weighted by Gasteiger charge is 2.19. The Labute approximate surface area is 195 Å². The first-order valence-corrected chi connectivity index (χ1v) is 11.9. The minimum Gasteiger partial charge on any atom is -0.489 e. The summed E-state index contributed by atoms with van der Waals surface area (Å²) in [5.41, 5.74) is 1.62. The molecule has 0 fully saturated rings. The quantitative estimate of drug-likeness (QED) is 0.347. The molecule has 0 aliphatic heterocycles. The van der Waals surface area contributed by atoms with Crippen LogP contribution in [0.4, 0.5) is 5.69 Å². The van der Waals surface area contributed by atoms with Crippen molar-refractivity contribution in [3.8, 4) is 11.5 Å². The van der Waals surface area contributed by atoms with Crippen molar-refractivity contribution in [2.24, 2.45) is 7.05 Å². The predicted molar refractivity (Wildman–Crippen MR) is 134 cm³/mol. The summed E-state index contributed by atoms with van der Waals surface area (Å²) in [6, 6.07) is 14.5. The van der Waals surface area contributed by atoms with Crippen molar-refractivity contribution in [1.29, 1.82) is 0 Å². The van der Waals surface area contributed by atoms with Crippen molar-refractivity contribution >= 4 is 22.5 Å². The van der Waals surface area contributed by atoms with Gasteiger partial charge >= 0.3 is 0 Å². The Kier molecular flexibility index (Phi) is 8.93. The fourth-order valence-electron chi connectivity index (χ4n) is 3.65. The number of benzene rings is 2. The molecule has 1 amide bonds. The molecule has 0 saturated carbocycles. The van der Waals surface area contributed by atoms with E-state index in [-0.39, 0.29) is 17.2 Å². The molecule has 6 nitrogen and oxygen atoms in total. The van der Waals surface area contributed by atoms with E-state index in [2.05, 4.69) is 19.2 Å². The van der Waals surface area contributed by atoms with E-state index in [4.69, 9.17) is 9.47 Å². The number of nitrogens with zero attached hydrogens (tertiary/aromatic N) is 1. The summed E-state index contributed by atoms with van der Waals surface area (Å²) in [5, 5.41) is 3.70. The number of nitrogens with one attached hydrogen (secondary N) is 1. The molecular formula is C27H34N2O4. The topological polar surface area (TPSA) is 69.6 Å². The number of fused-ring (bicyclic) bond motifs is 1. The van der Waals surface area contributed by atoms with Crippen molar-refractivity contribution < 1.29 is 14.3 Å². The highest BCUT2D eigenvalue weighted by molar-refractivity contribution is 6.05. The van der Waals surface area contributed by atoms with Crippen LogP contribution < -0.4 is 20.3 Å². The Bertz CT molecular complexity index is 1120. The van der Waals surface area contributed by atoms with E-state index in [9.17, 15) is 9.59 Å². The van der Waals surface area contributed by atoms with Gasteiger partial charge in [-0.2, -0.15) is 0 Å². The molecular weight excluding hydrogens is 416 g/mol. The zero-order valence-corrected chi connectivity index (χ0v) is 19.9. The molecule has 2 aromatic carbocycles. The highest BCUT2D eigenvalue weighted by atomic mass is 16.5. The number of unbranched alkanes of at least 4 members (excludes halogenated alkanes) is 4. The van der Waals surface area contributed by atoms with Gasteiger partial charge in [0.2, 0.25) is 5.75 Å². The Morgan fingerprint density at radius 1 is 0.879 bits per heavy atom. The Hall–Kier alpha value is -3.28. The molecule has 3 rings (SSSR count). The summed E-state index contributed by atoms with van der Waals surface area (Å²) in [4.78, 5) is 25.7. The molecule has 3 aromatic rings. The smallest absolute Gasteiger partial charge is 0.297 e. The number of anilines is 1. The summed E-state index contributed by atoms with van der Waals surface area (Å²) in [6.45, 7) is 5.25. The van der Waals surface area contributed by atoms with E-state index < -0.39 is 0 Å². The highest BCUT2D eigenvalue weighted by Crippen LogP contribution is 2.34. The van der Waals surface area contributed by atoms with E-state index in [0.717, 1.165) is 43.9 Å². The maximum atomic E-state index is 13.2. The zero-order chi connectivity index (χ0) is 23.6. The van der Waals surface area contributed by atoms with Gasteiger partial charge in [0, 0.05) is 23.7 Å². The lowest BCUT2D eigenvalue weighted by Gasteiger charge is -2.18. The average molecular weight is 451 g/mol. The largest absolute Gasteiger partial charge is 0.489 e. The molecule has 1 aromatic heterocycles. The third-order valence-corrected chi connectivity index (χ3v) is 5.59. The van der Waals surface area contributed by atoms with Gasteiger partial charge < -0.3 is 19.4 Å². The third-order valence-electron chi connectivity index (χ3n) is 5.59. The van der Waals surface area contributed by atoms with Crippen molar-refractivity contribution in [1.82, 2.24) is 4.57 Å². The van der Waals surface area contributed by atoms with Crippen LogP contribution in [0.1, 0.15) is 62.7 Å². The molecule has 0 bridgehead atoms. The van der Waals surface area contributed by atoms with Crippen molar-refractivity contribution in [2.75, 3.05) is 18.5 Å². The summed E-state index contributed by atoms with van der Waals surface area (Å²) >= 11 is 0. The van der Waals surface area contributed by atoms with Gasteiger partial charge in [0.1, 0.15) is 0 Å². The van der Waals surface area contributed by atoms with Crippen LogP contribution >= 0.6 is 0 Å². The molecule has 176 valence electrons. The molecule has 6 heteroatoms. The van der Waals surface area contributed by atoms with Crippen molar-refractivity contribution in [2.45, 2.75) is 52.4 Å². The predicted octanol–water partition coefficient (Wildman–Crippen LogP) is 5.93. The van der Waals surface area contributed by atoms with Gasteiger partial charge in [-0.3, -0.25) is 9.59 Å². The van der Waals surface area contributed by atoms with Crippen LogP contribution in [0.5, 0.6) is 11.5 Å². The number of carbonyl (C=O) groups excluding carboxylic acids is 1. The lowest BCUT2D eigenvalue weighted by Crippen LogP contribution is -2.22. The zero-order valence-electron chi connectivity index (χ0n) is 19.9. The molecule has 0 radical (unpaired) electrons. The van der Waals surface area contributed by atoms with Crippen LogP contribution in [0.3, 0.4) is 0 Å². The van der Waals surface area contributed by atoms with Gasteiger partial charge in [-0.1, -0.05) is 57.7 Å². The number of aryl methyl sites for hydroxylation is 1. The molecule has 0 atom stereocenters. The van der Waals surface area contributed by atoms with Crippen LogP contribution in [0.25, 0.3) is 10.9 Å². The maximum absolute atomic E-state index is 13.2. The van der Waals surface area contributed by atoms with Crippen LogP contribution in [0.2, 0.25) is 0 Å². The standard InChI is InChI=1S/C27H34N2O4/c1-4-6-8-12-18-33-25-24(32-17-7-5-2)22-16-15-21(19-23(22)29(3)27(25)31)28-26(30)20-13-10-9-11-14-20/h9-11,13-16,19H,4-8,12,17-18H2,1-3H3,(H,28,30). The second-order valence-electron chi connectivity index (χ2n) is 8.19. The SMILES string of the molecule is CCCCCCOc1c(OCCCC)c2ccc(NC(=O)c3ccccc3)cc2n(C)c1=O. The number of rotatable bonds is 12. The Balaban J connectivity index is 1.94. The van der Waals surface area contributed by atoms with Gasteiger partial charge in [-0.05, 0) is 43.2 Å². The van der Waals surface area contributed by atoms with E-state index in [1.807, 2.05) is 30.3 Å². The summed E-state index contributed by atoms with van der Waals surface area (Å²) < 4.78 is 13.6. The number of hydrogen-bond acceptors (Lipinski definition) is 4. The Morgan fingerprint density at radius 2 is 1.58 bits per heavy atom. The van der Waals surface area contributed by atoms with Gasteiger partial charge in [-0.15, -0.1) is 0 Å². The van der Waals surface area contributed by atoms with E-state index in [0.29, 0.717) is 35.7 Å². The van der Waals surface area contributed by atoms with Gasteiger partial charge in [0.05, 0.1) is 18.7 Å². The minimum absolute atomic E-state index is 0.202. The van der Waals surface area contributed by atoms with Crippen molar-refractivity contribution in [3.05, 3.63) is 64.4 Å².